The van der Waals surface area contributed by atoms with E-state index >= 15 is 0 Å². The highest BCUT2D eigenvalue weighted by atomic mass is 35.5. The Bertz CT molecular complexity index is 747. The zero-order valence-corrected chi connectivity index (χ0v) is 14.0. The van der Waals surface area contributed by atoms with Crippen molar-refractivity contribution in [2.45, 2.75) is 36.2 Å². The highest BCUT2D eigenvalue weighted by Gasteiger charge is 2.85. The summed E-state index contributed by atoms with van der Waals surface area (Å²) in [4.78, 5) is 0. The lowest BCUT2D eigenvalue weighted by Crippen LogP contribution is -2.65. The molecule has 1 unspecified atom stereocenters. The van der Waals surface area contributed by atoms with E-state index in [2.05, 4.69) is 0 Å². The number of hydrogen-bond donors (Lipinski definition) is 1. The Balaban J connectivity index is 3.26. The second kappa shape index (κ2) is 6.75. The maximum atomic E-state index is 13.5. The third-order valence-electron chi connectivity index (χ3n) is 3.16. The second-order valence-electron chi connectivity index (χ2n) is 5.06. The first-order valence-corrected chi connectivity index (χ1v) is 8.22. The zero-order chi connectivity index (χ0) is 20.8. The number of alkyl halides is 9. The van der Waals surface area contributed by atoms with Gasteiger partial charge in [0.25, 0.3) is 10.0 Å². The maximum Gasteiger partial charge on any atom is 0.460 e. The number of hydrogen-bond acceptors (Lipinski definition) is 2. The van der Waals surface area contributed by atoms with Gasteiger partial charge in [-0.05, 0) is 24.6 Å². The molecule has 1 aromatic rings. The van der Waals surface area contributed by atoms with Gasteiger partial charge in [-0.2, -0.15) is 39.5 Å². The first-order chi connectivity index (χ1) is 11.4. The van der Waals surface area contributed by atoms with Crippen molar-refractivity contribution in [2.24, 2.45) is 0 Å². The predicted molar refractivity (Wildman–Crippen MR) is 72.8 cm³/mol. The lowest BCUT2D eigenvalue weighted by molar-refractivity contribution is -0.382. The lowest BCUT2D eigenvalue weighted by Gasteiger charge is -2.33. The van der Waals surface area contributed by atoms with Crippen molar-refractivity contribution in [3.8, 4) is 0 Å². The van der Waals surface area contributed by atoms with Crippen LogP contribution in [0.25, 0.3) is 0 Å². The van der Waals surface area contributed by atoms with Gasteiger partial charge < -0.3 is 0 Å². The van der Waals surface area contributed by atoms with Crippen molar-refractivity contribution < 1.29 is 47.9 Å². The van der Waals surface area contributed by atoms with Crippen LogP contribution in [0.3, 0.4) is 0 Å². The summed E-state index contributed by atoms with van der Waals surface area (Å²) in [6.45, 7) is 0.872. The maximum absolute atomic E-state index is 13.5. The molecule has 1 atom stereocenters. The molecular weight excluding hydrogens is 429 g/mol. The molecule has 0 bridgehead atoms. The molecule has 26 heavy (non-hydrogen) atoms. The molecule has 0 fully saturated rings. The molecule has 150 valence electrons. The van der Waals surface area contributed by atoms with Gasteiger partial charge in [0.05, 0.1) is 0 Å². The van der Waals surface area contributed by atoms with Crippen LogP contribution in [-0.4, -0.2) is 31.7 Å². The van der Waals surface area contributed by atoms with E-state index < -0.39 is 39.3 Å². The highest BCUT2D eigenvalue weighted by Crippen LogP contribution is 2.54. The van der Waals surface area contributed by atoms with Gasteiger partial charge in [-0.15, -0.1) is 0 Å². The molecule has 0 saturated heterocycles. The molecule has 0 aliphatic carbocycles. The van der Waals surface area contributed by atoms with Crippen molar-refractivity contribution in [3.63, 3.8) is 0 Å². The van der Waals surface area contributed by atoms with Gasteiger partial charge >= 0.3 is 23.3 Å². The van der Waals surface area contributed by atoms with E-state index in [0.29, 0.717) is 0 Å². The SMILES string of the molecule is CC(NS(=O)(=O)C(F)(F)C(F)(F)C(F)(F)C(F)(F)F)c1ccc(Cl)cc1. The van der Waals surface area contributed by atoms with Crippen molar-refractivity contribution in [1.82, 2.24) is 4.72 Å². The van der Waals surface area contributed by atoms with Crippen LogP contribution in [0.5, 0.6) is 0 Å². The minimum Gasteiger partial charge on any atom is -0.206 e. The molecule has 0 aromatic heterocycles. The Hall–Kier alpha value is -1.21. The monoisotopic (exact) mass is 437 g/mol. The fraction of sp³-hybridized carbons (Fsp3) is 0.500. The van der Waals surface area contributed by atoms with E-state index in [1.807, 2.05) is 0 Å². The largest absolute Gasteiger partial charge is 0.460 e. The van der Waals surface area contributed by atoms with E-state index in [9.17, 15) is 47.9 Å². The van der Waals surface area contributed by atoms with Gasteiger partial charge in [-0.1, -0.05) is 23.7 Å². The molecule has 1 N–H and O–H groups in total. The van der Waals surface area contributed by atoms with Crippen LogP contribution in [0.2, 0.25) is 5.02 Å². The van der Waals surface area contributed by atoms with Crippen LogP contribution in [0, 0.1) is 0 Å². The Morgan fingerprint density at radius 3 is 1.69 bits per heavy atom. The standard InChI is InChI=1S/C12H9ClF9NO2S/c1-6(7-2-4-8(13)5-3-7)23-26(24,25)12(21,22)10(16,17)9(14,15)11(18,19)20/h2-6,23H,1H3. The van der Waals surface area contributed by atoms with Gasteiger partial charge in [0.1, 0.15) is 0 Å². The lowest BCUT2D eigenvalue weighted by atomic mass is 10.1. The molecule has 0 radical (unpaired) electrons. The zero-order valence-electron chi connectivity index (χ0n) is 12.4. The summed E-state index contributed by atoms with van der Waals surface area (Å²) in [5.74, 6) is -14.6. The van der Waals surface area contributed by atoms with Gasteiger partial charge in [0, 0.05) is 11.1 Å². The molecule has 1 rings (SSSR count). The summed E-state index contributed by atoms with van der Waals surface area (Å²) in [7, 11) is -6.66. The highest BCUT2D eigenvalue weighted by molar-refractivity contribution is 7.90. The molecule has 0 saturated carbocycles. The molecule has 0 spiro atoms. The Labute approximate surface area is 146 Å². The fourth-order valence-corrected chi connectivity index (χ4v) is 3.00. The third kappa shape index (κ3) is 3.74. The summed E-state index contributed by atoms with van der Waals surface area (Å²) in [5.41, 5.74) is -0.0975. The smallest absolute Gasteiger partial charge is 0.206 e. The van der Waals surface area contributed by atoms with Gasteiger partial charge in [0.2, 0.25) is 0 Å². The third-order valence-corrected chi connectivity index (χ3v) is 5.00. The van der Waals surface area contributed by atoms with Crippen LogP contribution in [0.4, 0.5) is 39.5 Å². The number of rotatable bonds is 6. The molecule has 0 heterocycles. The number of halogens is 10. The molecule has 0 aliphatic rings. The van der Waals surface area contributed by atoms with Gasteiger partial charge in [0.15, 0.2) is 0 Å². The molecule has 0 aliphatic heterocycles. The van der Waals surface area contributed by atoms with Crippen LogP contribution >= 0.6 is 11.6 Å². The predicted octanol–water partition coefficient (Wildman–Crippen LogP) is 4.75. The summed E-state index contributed by atoms with van der Waals surface area (Å²) in [5, 5.41) is -6.63. The molecular formula is C12H9ClF9NO2S. The average Bonchev–Trinajstić information content (AvgIpc) is 2.45. The van der Waals surface area contributed by atoms with Gasteiger partial charge in [-0.3, -0.25) is 0 Å². The number of benzene rings is 1. The van der Waals surface area contributed by atoms with Crippen LogP contribution in [0.1, 0.15) is 18.5 Å². The summed E-state index contributed by atoms with van der Waals surface area (Å²) >= 11 is 5.53. The summed E-state index contributed by atoms with van der Waals surface area (Å²) in [6.07, 6.45) is -7.11. The average molecular weight is 438 g/mol. The normalized spacial score (nSPS) is 15.8. The van der Waals surface area contributed by atoms with Crippen molar-refractivity contribution >= 4 is 21.6 Å². The van der Waals surface area contributed by atoms with E-state index in [-0.39, 0.29) is 10.6 Å². The quantitative estimate of drug-likeness (QED) is 0.653. The number of sulfonamides is 1. The van der Waals surface area contributed by atoms with E-state index in [0.717, 1.165) is 23.8 Å². The van der Waals surface area contributed by atoms with Crippen molar-refractivity contribution in [2.75, 3.05) is 0 Å². The molecule has 14 heteroatoms. The van der Waals surface area contributed by atoms with E-state index in [1.165, 1.54) is 12.1 Å². The summed E-state index contributed by atoms with van der Waals surface area (Å²) in [6, 6.07) is 2.86. The molecule has 1 aromatic carbocycles. The molecule has 0 amide bonds. The minimum absolute atomic E-state index is 0.0975. The second-order valence-corrected chi connectivity index (χ2v) is 7.25. The number of nitrogens with one attached hydrogen (secondary N) is 1. The first kappa shape index (κ1) is 22.8. The van der Waals surface area contributed by atoms with E-state index in [1.54, 1.807) is 0 Å². The summed E-state index contributed by atoms with van der Waals surface area (Å²) < 4.78 is 139. The van der Waals surface area contributed by atoms with Crippen LogP contribution in [0.15, 0.2) is 24.3 Å². The fourth-order valence-electron chi connectivity index (χ4n) is 1.66. The Kier molecular flexibility index (Phi) is 5.93. The minimum atomic E-state index is -7.30. The van der Waals surface area contributed by atoms with Crippen molar-refractivity contribution in [3.05, 3.63) is 34.9 Å². The molecule has 3 nitrogen and oxygen atoms in total. The Morgan fingerprint density at radius 2 is 1.31 bits per heavy atom. The topological polar surface area (TPSA) is 46.2 Å². The van der Waals surface area contributed by atoms with Crippen LogP contribution < -0.4 is 4.72 Å². The first-order valence-electron chi connectivity index (χ1n) is 6.36. The van der Waals surface area contributed by atoms with Gasteiger partial charge in [-0.25, -0.2) is 13.1 Å². The van der Waals surface area contributed by atoms with Crippen LogP contribution in [-0.2, 0) is 10.0 Å². The van der Waals surface area contributed by atoms with E-state index in [4.69, 9.17) is 11.6 Å². The van der Waals surface area contributed by atoms with Crippen molar-refractivity contribution in [1.29, 1.82) is 0 Å². The Morgan fingerprint density at radius 1 is 0.885 bits per heavy atom.